The number of aromatic nitrogens is 1. The quantitative estimate of drug-likeness (QED) is 0.484. The number of aliphatic imine (C=N–C) groups is 1. The molecule has 0 amide bonds. The molecular formula is C21H24N4O3. The fourth-order valence-electron chi connectivity index (χ4n) is 2.70. The van der Waals surface area contributed by atoms with E-state index in [1.165, 1.54) is 0 Å². The first-order valence-electron chi connectivity index (χ1n) is 8.90. The van der Waals surface area contributed by atoms with E-state index >= 15 is 0 Å². The first-order valence-corrected chi connectivity index (χ1v) is 8.90. The smallest absolute Gasteiger partial charge is 0.191 e. The van der Waals surface area contributed by atoms with E-state index in [0.29, 0.717) is 30.5 Å². The Kier molecular flexibility index (Phi) is 6.51. The number of nitrogens with zero attached hydrogens (tertiary/aromatic N) is 2. The molecule has 0 bridgehead atoms. The minimum atomic E-state index is 0.502. The van der Waals surface area contributed by atoms with E-state index in [-0.39, 0.29) is 0 Å². The van der Waals surface area contributed by atoms with E-state index in [9.17, 15) is 0 Å². The van der Waals surface area contributed by atoms with Crippen LogP contribution in [0.2, 0.25) is 0 Å². The lowest BCUT2D eigenvalue weighted by Gasteiger charge is -2.13. The van der Waals surface area contributed by atoms with Crippen LogP contribution in [0, 0.1) is 0 Å². The summed E-state index contributed by atoms with van der Waals surface area (Å²) in [6, 6.07) is 17.6. The Balaban J connectivity index is 1.55. The monoisotopic (exact) mass is 380 g/mol. The van der Waals surface area contributed by atoms with Crippen LogP contribution in [0.1, 0.15) is 11.3 Å². The van der Waals surface area contributed by atoms with Gasteiger partial charge in [0.2, 0.25) is 0 Å². The lowest BCUT2D eigenvalue weighted by atomic mass is 10.2. The Hall–Kier alpha value is -3.48. The number of hydrogen-bond donors (Lipinski definition) is 2. The summed E-state index contributed by atoms with van der Waals surface area (Å²) in [5.41, 5.74) is 2.85. The van der Waals surface area contributed by atoms with E-state index in [1.807, 2.05) is 54.6 Å². The van der Waals surface area contributed by atoms with Gasteiger partial charge in [0.1, 0.15) is 5.69 Å². The molecular weight excluding hydrogens is 356 g/mol. The standard InChI is InChI=1S/C21H24N4O3/c1-22-21(23-13-15-9-10-18(26-2)20(11-15)27-3)24-14-17-12-19(28-25-17)16-7-5-4-6-8-16/h4-12H,13-14H2,1-3H3,(H2,22,23,24). The van der Waals surface area contributed by atoms with Crippen LogP contribution in [-0.4, -0.2) is 32.4 Å². The van der Waals surface area contributed by atoms with Gasteiger partial charge in [-0.3, -0.25) is 4.99 Å². The largest absolute Gasteiger partial charge is 0.493 e. The van der Waals surface area contributed by atoms with Crippen LogP contribution in [0.25, 0.3) is 11.3 Å². The highest BCUT2D eigenvalue weighted by atomic mass is 16.5. The number of benzene rings is 2. The van der Waals surface area contributed by atoms with Crippen LogP contribution >= 0.6 is 0 Å². The molecule has 0 aliphatic carbocycles. The Labute approximate surface area is 164 Å². The van der Waals surface area contributed by atoms with Gasteiger partial charge in [0.15, 0.2) is 23.2 Å². The molecule has 0 radical (unpaired) electrons. The first kappa shape index (κ1) is 19.3. The number of guanidine groups is 1. The van der Waals surface area contributed by atoms with Crippen molar-refractivity contribution >= 4 is 5.96 Å². The topological polar surface area (TPSA) is 80.9 Å². The van der Waals surface area contributed by atoms with Crippen LogP contribution in [-0.2, 0) is 13.1 Å². The van der Waals surface area contributed by atoms with Crippen molar-refractivity contribution in [1.82, 2.24) is 15.8 Å². The van der Waals surface area contributed by atoms with Gasteiger partial charge in [-0.25, -0.2) is 0 Å². The summed E-state index contributed by atoms with van der Waals surface area (Å²) in [5.74, 6) is 2.81. The van der Waals surface area contributed by atoms with Gasteiger partial charge in [-0.1, -0.05) is 41.6 Å². The zero-order chi connectivity index (χ0) is 19.8. The summed E-state index contributed by atoms with van der Waals surface area (Å²) < 4.78 is 16.0. The summed E-state index contributed by atoms with van der Waals surface area (Å²) in [5, 5.41) is 10.6. The molecule has 2 aromatic carbocycles. The van der Waals surface area contributed by atoms with Crippen LogP contribution in [0.15, 0.2) is 64.1 Å². The lowest BCUT2D eigenvalue weighted by Crippen LogP contribution is -2.36. The molecule has 2 N–H and O–H groups in total. The third-order valence-electron chi connectivity index (χ3n) is 4.19. The van der Waals surface area contributed by atoms with Crippen LogP contribution < -0.4 is 20.1 Å². The van der Waals surface area contributed by atoms with E-state index in [1.54, 1.807) is 21.3 Å². The van der Waals surface area contributed by atoms with Gasteiger partial charge in [-0.15, -0.1) is 0 Å². The molecule has 0 saturated heterocycles. The van der Waals surface area contributed by atoms with Crippen molar-refractivity contribution in [3.05, 3.63) is 65.9 Å². The van der Waals surface area contributed by atoms with Crippen LogP contribution in [0.5, 0.6) is 11.5 Å². The highest BCUT2D eigenvalue weighted by molar-refractivity contribution is 5.79. The average molecular weight is 380 g/mol. The summed E-state index contributed by atoms with van der Waals surface area (Å²) in [6.45, 7) is 1.09. The Morgan fingerprint density at radius 2 is 1.71 bits per heavy atom. The summed E-state index contributed by atoms with van der Waals surface area (Å²) in [7, 11) is 4.97. The maximum absolute atomic E-state index is 5.42. The molecule has 1 aromatic heterocycles. The van der Waals surface area contributed by atoms with Gasteiger partial charge < -0.3 is 24.6 Å². The molecule has 0 saturated carbocycles. The molecule has 1 heterocycles. The number of nitrogens with one attached hydrogen (secondary N) is 2. The predicted molar refractivity (Wildman–Crippen MR) is 109 cm³/mol. The molecule has 0 spiro atoms. The zero-order valence-corrected chi connectivity index (χ0v) is 16.2. The second-order valence-corrected chi connectivity index (χ2v) is 6.02. The van der Waals surface area contributed by atoms with Crippen molar-refractivity contribution in [3.8, 4) is 22.8 Å². The Bertz CT molecular complexity index is 922. The third kappa shape index (κ3) is 4.82. The highest BCUT2D eigenvalue weighted by Crippen LogP contribution is 2.27. The number of ether oxygens (including phenoxy) is 2. The number of methoxy groups -OCH3 is 2. The molecule has 28 heavy (non-hydrogen) atoms. The molecule has 3 rings (SSSR count). The maximum atomic E-state index is 5.42. The van der Waals surface area contributed by atoms with E-state index in [2.05, 4.69) is 20.8 Å². The first-order chi connectivity index (χ1) is 13.7. The second-order valence-electron chi connectivity index (χ2n) is 6.02. The third-order valence-corrected chi connectivity index (χ3v) is 4.19. The van der Waals surface area contributed by atoms with E-state index in [0.717, 1.165) is 22.6 Å². The van der Waals surface area contributed by atoms with Crippen molar-refractivity contribution in [1.29, 1.82) is 0 Å². The SMILES string of the molecule is CN=C(NCc1ccc(OC)c(OC)c1)NCc1cc(-c2ccccc2)on1. The molecule has 0 aliphatic heterocycles. The normalized spacial score (nSPS) is 11.2. The zero-order valence-electron chi connectivity index (χ0n) is 16.2. The van der Waals surface area contributed by atoms with Gasteiger partial charge in [0.05, 0.1) is 20.8 Å². The Morgan fingerprint density at radius 3 is 2.43 bits per heavy atom. The van der Waals surface area contributed by atoms with Crippen molar-refractivity contribution < 1.29 is 14.0 Å². The number of hydrogen-bond acceptors (Lipinski definition) is 5. The average Bonchev–Trinajstić information content (AvgIpc) is 3.23. The fourth-order valence-corrected chi connectivity index (χ4v) is 2.70. The fraction of sp³-hybridized carbons (Fsp3) is 0.238. The maximum Gasteiger partial charge on any atom is 0.191 e. The van der Waals surface area contributed by atoms with E-state index < -0.39 is 0 Å². The molecule has 3 aromatic rings. The summed E-state index contributed by atoms with van der Waals surface area (Å²) >= 11 is 0. The molecule has 0 unspecified atom stereocenters. The van der Waals surface area contributed by atoms with E-state index in [4.69, 9.17) is 14.0 Å². The second kappa shape index (κ2) is 9.45. The van der Waals surface area contributed by atoms with Crippen molar-refractivity contribution in [2.24, 2.45) is 4.99 Å². The molecule has 7 nitrogen and oxygen atoms in total. The van der Waals surface area contributed by atoms with Crippen molar-refractivity contribution in [2.75, 3.05) is 21.3 Å². The number of rotatable bonds is 7. The van der Waals surface area contributed by atoms with Gasteiger partial charge >= 0.3 is 0 Å². The van der Waals surface area contributed by atoms with Gasteiger partial charge in [0, 0.05) is 25.2 Å². The highest BCUT2D eigenvalue weighted by Gasteiger charge is 2.08. The minimum absolute atomic E-state index is 0.502. The minimum Gasteiger partial charge on any atom is -0.493 e. The molecule has 0 aliphatic rings. The summed E-state index contributed by atoms with van der Waals surface area (Å²) in [6.07, 6.45) is 0. The van der Waals surface area contributed by atoms with Crippen molar-refractivity contribution in [2.45, 2.75) is 13.1 Å². The summed E-state index contributed by atoms with van der Waals surface area (Å²) in [4.78, 5) is 4.24. The van der Waals surface area contributed by atoms with Gasteiger partial charge in [-0.2, -0.15) is 0 Å². The van der Waals surface area contributed by atoms with Crippen LogP contribution in [0.3, 0.4) is 0 Å². The van der Waals surface area contributed by atoms with Gasteiger partial charge in [0.25, 0.3) is 0 Å². The molecule has 0 fully saturated rings. The molecule has 0 atom stereocenters. The Morgan fingerprint density at radius 1 is 0.964 bits per heavy atom. The van der Waals surface area contributed by atoms with Crippen molar-refractivity contribution in [3.63, 3.8) is 0 Å². The predicted octanol–water partition coefficient (Wildman–Crippen LogP) is 3.22. The molecule has 146 valence electrons. The lowest BCUT2D eigenvalue weighted by molar-refractivity contribution is 0.354. The molecule has 7 heteroatoms. The van der Waals surface area contributed by atoms with Crippen LogP contribution in [0.4, 0.5) is 0 Å². The van der Waals surface area contributed by atoms with Gasteiger partial charge in [-0.05, 0) is 17.7 Å².